The van der Waals surface area contributed by atoms with Gasteiger partial charge in [-0.2, -0.15) is 0 Å². The zero-order chi connectivity index (χ0) is 9.10. The van der Waals surface area contributed by atoms with Gasteiger partial charge in [0.2, 0.25) is 11.8 Å². The highest BCUT2D eigenvalue weighted by Gasteiger charge is 2.20. The van der Waals surface area contributed by atoms with E-state index in [0.717, 1.165) is 25.4 Å². The fourth-order valence-electron chi connectivity index (χ4n) is 1.58. The molecule has 1 fully saturated rings. The van der Waals surface area contributed by atoms with Gasteiger partial charge in [-0.25, -0.2) is 0 Å². The minimum absolute atomic E-state index is 0.327. The van der Waals surface area contributed by atoms with Gasteiger partial charge in [0.05, 0.1) is 6.54 Å². The maximum atomic E-state index is 5.39. The topological polar surface area (TPSA) is 77.0 Å². The van der Waals surface area contributed by atoms with E-state index in [-0.39, 0.29) is 0 Å². The fourth-order valence-corrected chi connectivity index (χ4v) is 1.58. The normalized spacial score (nSPS) is 23.3. The van der Waals surface area contributed by atoms with Crippen molar-refractivity contribution in [1.82, 2.24) is 15.5 Å². The van der Waals surface area contributed by atoms with Gasteiger partial charge in [-0.15, -0.1) is 10.2 Å². The average molecular weight is 182 g/mol. The second-order valence-electron chi connectivity index (χ2n) is 3.28. The van der Waals surface area contributed by atoms with Gasteiger partial charge in [-0.3, -0.25) is 0 Å². The van der Waals surface area contributed by atoms with Crippen molar-refractivity contribution in [1.29, 1.82) is 0 Å². The first kappa shape index (κ1) is 8.65. The van der Waals surface area contributed by atoms with Gasteiger partial charge in [-0.1, -0.05) is 0 Å². The van der Waals surface area contributed by atoms with Crippen molar-refractivity contribution in [2.24, 2.45) is 5.73 Å². The summed E-state index contributed by atoms with van der Waals surface area (Å²) < 4.78 is 5.39. The van der Waals surface area contributed by atoms with Crippen molar-refractivity contribution in [3.63, 3.8) is 0 Å². The molecule has 0 amide bonds. The Bertz CT molecular complexity index is 267. The van der Waals surface area contributed by atoms with Gasteiger partial charge in [0.15, 0.2) is 0 Å². The molecule has 0 saturated carbocycles. The Morgan fingerprint density at radius 1 is 1.54 bits per heavy atom. The molecule has 1 atom stereocenters. The molecule has 0 radical (unpaired) electrons. The standard InChI is InChI=1S/C8H14N4O/c9-4-7-11-12-8(13-7)6-2-1-3-10-5-6/h6,10H,1-5,9H2/t6-/m1/s1. The Morgan fingerprint density at radius 3 is 3.08 bits per heavy atom. The molecule has 5 heteroatoms. The molecule has 2 heterocycles. The van der Waals surface area contributed by atoms with Crippen LogP contribution in [0.25, 0.3) is 0 Å². The van der Waals surface area contributed by atoms with Crippen LogP contribution in [-0.2, 0) is 6.54 Å². The van der Waals surface area contributed by atoms with Crippen LogP contribution in [0.1, 0.15) is 30.5 Å². The summed E-state index contributed by atoms with van der Waals surface area (Å²) in [6, 6.07) is 0. The van der Waals surface area contributed by atoms with Crippen molar-refractivity contribution < 1.29 is 4.42 Å². The SMILES string of the molecule is NCc1nnc([C@@H]2CCCNC2)o1. The first-order valence-electron chi connectivity index (χ1n) is 4.63. The van der Waals surface area contributed by atoms with Crippen molar-refractivity contribution in [3.05, 3.63) is 11.8 Å². The Labute approximate surface area is 76.7 Å². The van der Waals surface area contributed by atoms with Gasteiger partial charge < -0.3 is 15.5 Å². The van der Waals surface area contributed by atoms with Gasteiger partial charge in [-0.05, 0) is 19.4 Å². The first-order valence-corrected chi connectivity index (χ1v) is 4.63. The van der Waals surface area contributed by atoms with Gasteiger partial charge in [0.1, 0.15) is 0 Å². The molecule has 0 aliphatic carbocycles. The van der Waals surface area contributed by atoms with E-state index >= 15 is 0 Å². The third-order valence-electron chi connectivity index (χ3n) is 2.30. The molecule has 0 bridgehead atoms. The van der Waals surface area contributed by atoms with Crippen LogP contribution in [0.4, 0.5) is 0 Å². The van der Waals surface area contributed by atoms with Crippen LogP contribution >= 0.6 is 0 Å². The zero-order valence-corrected chi connectivity index (χ0v) is 7.49. The molecule has 1 aromatic heterocycles. The monoisotopic (exact) mass is 182 g/mol. The summed E-state index contributed by atoms with van der Waals surface area (Å²) in [6.07, 6.45) is 2.30. The second kappa shape index (κ2) is 3.85. The van der Waals surface area contributed by atoms with E-state index in [1.54, 1.807) is 0 Å². The number of hydrogen-bond donors (Lipinski definition) is 2. The zero-order valence-electron chi connectivity index (χ0n) is 7.49. The lowest BCUT2D eigenvalue weighted by molar-refractivity contribution is 0.363. The number of aromatic nitrogens is 2. The highest BCUT2D eigenvalue weighted by atomic mass is 16.4. The minimum Gasteiger partial charge on any atom is -0.424 e. The van der Waals surface area contributed by atoms with Crippen molar-refractivity contribution in [2.75, 3.05) is 13.1 Å². The summed E-state index contributed by atoms with van der Waals surface area (Å²) in [5.74, 6) is 1.63. The molecule has 3 N–H and O–H groups in total. The smallest absolute Gasteiger partial charge is 0.230 e. The second-order valence-corrected chi connectivity index (χ2v) is 3.28. The Hall–Kier alpha value is -0.940. The predicted molar refractivity (Wildman–Crippen MR) is 47.0 cm³/mol. The molecule has 2 rings (SSSR count). The highest BCUT2D eigenvalue weighted by molar-refractivity contribution is 4.94. The minimum atomic E-state index is 0.327. The quantitative estimate of drug-likeness (QED) is 0.673. The van der Waals surface area contributed by atoms with E-state index in [4.69, 9.17) is 10.2 Å². The maximum Gasteiger partial charge on any atom is 0.230 e. The van der Waals surface area contributed by atoms with E-state index < -0.39 is 0 Å². The van der Waals surface area contributed by atoms with E-state index in [2.05, 4.69) is 15.5 Å². The largest absolute Gasteiger partial charge is 0.424 e. The molecule has 72 valence electrons. The predicted octanol–water partition coefficient (Wildman–Crippen LogP) is -0.00470. The van der Waals surface area contributed by atoms with E-state index in [9.17, 15) is 0 Å². The van der Waals surface area contributed by atoms with Gasteiger partial charge in [0, 0.05) is 12.5 Å². The lowest BCUT2D eigenvalue weighted by Crippen LogP contribution is -2.28. The summed E-state index contributed by atoms with van der Waals surface area (Å²) >= 11 is 0. The molecular formula is C8H14N4O. The molecule has 13 heavy (non-hydrogen) atoms. The Morgan fingerprint density at radius 2 is 2.46 bits per heavy atom. The fraction of sp³-hybridized carbons (Fsp3) is 0.750. The Balaban J connectivity index is 2.05. The van der Waals surface area contributed by atoms with Crippen LogP contribution in [-0.4, -0.2) is 23.3 Å². The molecule has 0 spiro atoms. The summed E-state index contributed by atoms with van der Waals surface area (Å²) in [7, 11) is 0. The molecule has 0 unspecified atom stereocenters. The van der Waals surface area contributed by atoms with Crippen molar-refractivity contribution >= 4 is 0 Å². The molecule has 1 aliphatic rings. The third-order valence-corrected chi connectivity index (χ3v) is 2.30. The number of nitrogens with one attached hydrogen (secondary N) is 1. The number of piperidine rings is 1. The highest BCUT2D eigenvalue weighted by Crippen LogP contribution is 2.21. The van der Waals surface area contributed by atoms with Crippen LogP contribution < -0.4 is 11.1 Å². The van der Waals surface area contributed by atoms with Crippen LogP contribution in [0.5, 0.6) is 0 Å². The molecular weight excluding hydrogens is 168 g/mol. The summed E-state index contributed by atoms with van der Waals surface area (Å²) in [6.45, 7) is 2.35. The van der Waals surface area contributed by atoms with Crippen LogP contribution in [0.2, 0.25) is 0 Å². The third kappa shape index (κ3) is 1.87. The number of hydrogen-bond acceptors (Lipinski definition) is 5. The maximum absolute atomic E-state index is 5.39. The molecule has 1 saturated heterocycles. The molecule has 1 aliphatic heterocycles. The van der Waals surface area contributed by atoms with E-state index in [0.29, 0.717) is 18.4 Å². The lowest BCUT2D eigenvalue weighted by Gasteiger charge is -2.18. The van der Waals surface area contributed by atoms with Crippen LogP contribution in [0.15, 0.2) is 4.42 Å². The van der Waals surface area contributed by atoms with Crippen LogP contribution in [0.3, 0.4) is 0 Å². The number of nitrogens with two attached hydrogens (primary N) is 1. The number of nitrogens with zero attached hydrogens (tertiary/aromatic N) is 2. The summed E-state index contributed by atoms with van der Waals surface area (Å²) in [5, 5.41) is 11.1. The molecule has 1 aromatic rings. The number of rotatable bonds is 2. The summed E-state index contributed by atoms with van der Waals surface area (Å²) in [5.41, 5.74) is 5.38. The van der Waals surface area contributed by atoms with Crippen LogP contribution in [0, 0.1) is 0 Å². The van der Waals surface area contributed by atoms with Crippen molar-refractivity contribution in [2.45, 2.75) is 25.3 Å². The first-order chi connectivity index (χ1) is 6.40. The Kier molecular flexibility index (Phi) is 2.56. The average Bonchev–Trinajstić information content (AvgIpc) is 2.67. The summed E-state index contributed by atoms with van der Waals surface area (Å²) in [4.78, 5) is 0. The van der Waals surface area contributed by atoms with E-state index in [1.165, 1.54) is 6.42 Å². The van der Waals surface area contributed by atoms with Gasteiger partial charge >= 0.3 is 0 Å². The lowest BCUT2D eigenvalue weighted by atomic mass is 10.00. The molecule has 0 aromatic carbocycles. The molecule has 5 nitrogen and oxygen atoms in total. The van der Waals surface area contributed by atoms with Crippen molar-refractivity contribution in [3.8, 4) is 0 Å². The van der Waals surface area contributed by atoms with E-state index in [1.807, 2.05) is 0 Å². The van der Waals surface area contributed by atoms with Gasteiger partial charge in [0.25, 0.3) is 0 Å².